The number of rotatable bonds is 4. The van der Waals surface area contributed by atoms with Crippen molar-refractivity contribution in [1.82, 2.24) is 9.97 Å². The van der Waals surface area contributed by atoms with Gasteiger partial charge < -0.3 is 19.4 Å². The number of aromatic nitrogens is 2. The third kappa shape index (κ3) is 2.54. The van der Waals surface area contributed by atoms with Gasteiger partial charge in [-0.25, -0.2) is 4.98 Å². The summed E-state index contributed by atoms with van der Waals surface area (Å²) in [4.78, 5) is 22.8. The Balaban J connectivity index is 1.79. The summed E-state index contributed by atoms with van der Waals surface area (Å²) in [7, 11) is 3.13. The van der Waals surface area contributed by atoms with Crippen molar-refractivity contribution in [3.05, 3.63) is 48.3 Å². The number of H-pyrrole nitrogens is 1. The highest BCUT2D eigenvalue weighted by Gasteiger charge is 2.53. The zero-order valence-electron chi connectivity index (χ0n) is 16.2. The van der Waals surface area contributed by atoms with Gasteiger partial charge in [-0.2, -0.15) is 0 Å². The lowest BCUT2D eigenvalue weighted by molar-refractivity contribution is -0.121. The van der Waals surface area contributed by atoms with Crippen molar-refractivity contribution >= 4 is 28.3 Å². The van der Waals surface area contributed by atoms with Crippen molar-refractivity contribution in [2.24, 2.45) is 0 Å². The second kappa shape index (κ2) is 6.37. The van der Waals surface area contributed by atoms with E-state index < -0.39 is 11.5 Å². The number of anilines is 1. The molecule has 2 heterocycles. The fourth-order valence-electron chi connectivity index (χ4n) is 3.81. The number of benzene rings is 2. The highest BCUT2D eigenvalue weighted by atomic mass is 16.5. The first-order valence-electron chi connectivity index (χ1n) is 8.98. The van der Waals surface area contributed by atoms with E-state index in [1.54, 1.807) is 31.3 Å². The predicted molar refractivity (Wildman–Crippen MR) is 108 cm³/mol. The normalized spacial score (nSPS) is 18.7. The fourth-order valence-corrected chi connectivity index (χ4v) is 3.81. The van der Waals surface area contributed by atoms with Crippen molar-refractivity contribution in [3.8, 4) is 11.5 Å². The average molecular weight is 378 g/mol. The summed E-state index contributed by atoms with van der Waals surface area (Å²) in [5.74, 6) is 0.980. The molecule has 0 aliphatic carbocycles. The number of ether oxygens (including phenoxy) is 2. The smallest absolute Gasteiger partial charge is 0.176 e. The van der Waals surface area contributed by atoms with Crippen LogP contribution < -0.4 is 14.4 Å². The van der Waals surface area contributed by atoms with Gasteiger partial charge in [0.05, 0.1) is 25.3 Å². The summed E-state index contributed by atoms with van der Waals surface area (Å²) in [6.45, 7) is 3.65. The molecule has 0 spiro atoms. The Morgan fingerprint density at radius 2 is 1.82 bits per heavy atom. The molecule has 1 atom stereocenters. The van der Waals surface area contributed by atoms with Crippen LogP contribution in [0.2, 0.25) is 0 Å². The van der Waals surface area contributed by atoms with E-state index in [2.05, 4.69) is 9.97 Å². The van der Waals surface area contributed by atoms with Gasteiger partial charge in [-0.1, -0.05) is 12.1 Å². The van der Waals surface area contributed by atoms with E-state index in [9.17, 15) is 4.79 Å². The first kappa shape index (κ1) is 18.0. The van der Waals surface area contributed by atoms with Crippen molar-refractivity contribution in [2.75, 3.05) is 19.1 Å². The molecule has 0 radical (unpaired) electrons. The van der Waals surface area contributed by atoms with Gasteiger partial charge in [0.2, 0.25) is 0 Å². The van der Waals surface area contributed by atoms with Crippen molar-refractivity contribution in [3.63, 3.8) is 0 Å². The summed E-state index contributed by atoms with van der Waals surface area (Å²) >= 11 is 0. The maximum atomic E-state index is 13.3. The fraction of sp³-hybridized carbons (Fsp3) is 0.286. The molecule has 1 saturated heterocycles. The monoisotopic (exact) mass is 378 g/mol. The number of hydrogen-bond donors (Lipinski definition) is 2. The SMILES string of the molecule is COc1ccc(N2C(=N)C(c3nc4ccccc4[nH]3)C(=O)C2(C)C)cc1OC. The van der Waals surface area contributed by atoms with Gasteiger partial charge in [0.1, 0.15) is 23.1 Å². The summed E-state index contributed by atoms with van der Waals surface area (Å²) in [5.41, 5.74) is 1.42. The summed E-state index contributed by atoms with van der Waals surface area (Å²) in [6.07, 6.45) is 0. The van der Waals surface area contributed by atoms with Crippen LogP contribution in [-0.2, 0) is 4.79 Å². The number of carbonyl (C=O) groups excluding carboxylic acids is 1. The number of para-hydroxylation sites is 2. The first-order chi connectivity index (χ1) is 13.4. The number of Topliss-reactive ketones (excluding diaryl/α,β-unsaturated/α-hetero) is 1. The van der Waals surface area contributed by atoms with Crippen LogP contribution in [0.25, 0.3) is 11.0 Å². The molecule has 0 saturated carbocycles. The zero-order valence-corrected chi connectivity index (χ0v) is 16.2. The number of methoxy groups -OCH3 is 2. The quantitative estimate of drug-likeness (QED) is 0.725. The van der Waals surface area contributed by atoms with Gasteiger partial charge in [-0.05, 0) is 38.1 Å². The van der Waals surface area contributed by atoms with E-state index >= 15 is 0 Å². The van der Waals surface area contributed by atoms with E-state index in [0.29, 0.717) is 23.0 Å². The van der Waals surface area contributed by atoms with Crippen molar-refractivity contribution < 1.29 is 14.3 Å². The molecule has 0 amide bonds. The number of imidazole rings is 1. The van der Waals surface area contributed by atoms with Crippen LogP contribution in [0.4, 0.5) is 5.69 Å². The van der Waals surface area contributed by atoms with E-state index in [1.807, 2.05) is 44.2 Å². The molecule has 1 aliphatic rings. The molecule has 7 heteroatoms. The summed E-state index contributed by atoms with van der Waals surface area (Å²) in [5, 5.41) is 8.80. The van der Waals surface area contributed by atoms with E-state index in [1.165, 1.54) is 0 Å². The van der Waals surface area contributed by atoms with Crippen LogP contribution in [0, 0.1) is 5.41 Å². The molecule has 1 aliphatic heterocycles. The summed E-state index contributed by atoms with van der Waals surface area (Å²) < 4.78 is 10.7. The van der Waals surface area contributed by atoms with Crippen LogP contribution in [0.15, 0.2) is 42.5 Å². The van der Waals surface area contributed by atoms with Gasteiger partial charge >= 0.3 is 0 Å². The second-order valence-electron chi connectivity index (χ2n) is 7.26. The highest BCUT2D eigenvalue weighted by molar-refractivity contribution is 6.25. The largest absolute Gasteiger partial charge is 0.493 e. The Labute approximate surface area is 162 Å². The van der Waals surface area contributed by atoms with Gasteiger partial charge in [-0.3, -0.25) is 10.2 Å². The number of nitrogens with zero attached hydrogens (tertiary/aromatic N) is 2. The van der Waals surface area contributed by atoms with Crippen molar-refractivity contribution in [1.29, 1.82) is 5.41 Å². The van der Waals surface area contributed by atoms with E-state index in [-0.39, 0.29) is 11.6 Å². The Morgan fingerprint density at radius 3 is 2.50 bits per heavy atom. The minimum Gasteiger partial charge on any atom is -0.493 e. The Morgan fingerprint density at radius 1 is 1.11 bits per heavy atom. The molecule has 3 aromatic rings. The van der Waals surface area contributed by atoms with E-state index in [4.69, 9.17) is 14.9 Å². The van der Waals surface area contributed by atoms with Gasteiger partial charge in [-0.15, -0.1) is 0 Å². The average Bonchev–Trinajstić information content (AvgIpc) is 3.17. The Hall–Kier alpha value is -3.35. The minimum atomic E-state index is -0.902. The lowest BCUT2D eigenvalue weighted by Crippen LogP contribution is -2.44. The van der Waals surface area contributed by atoms with Crippen molar-refractivity contribution in [2.45, 2.75) is 25.3 Å². The number of amidine groups is 1. The molecular weight excluding hydrogens is 356 g/mol. The molecule has 2 N–H and O–H groups in total. The topological polar surface area (TPSA) is 91.3 Å². The third-order valence-electron chi connectivity index (χ3n) is 5.24. The molecular formula is C21H22N4O3. The molecule has 1 unspecified atom stereocenters. The maximum absolute atomic E-state index is 13.3. The number of aromatic amines is 1. The first-order valence-corrected chi connectivity index (χ1v) is 8.98. The third-order valence-corrected chi connectivity index (χ3v) is 5.24. The Kier molecular flexibility index (Phi) is 4.10. The van der Waals surface area contributed by atoms with Crippen LogP contribution in [0.5, 0.6) is 11.5 Å². The lowest BCUT2D eigenvalue weighted by Gasteiger charge is -2.31. The lowest BCUT2D eigenvalue weighted by atomic mass is 9.93. The van der Waals surface area contributed by atoms with Crippen LogP contribution in [-0.4, -0.2) is 41.3 Å². The predicted octanol–water partition coefficient (Wildman–Crippen LogP) is 3.51. The number of hydrogen-bond acceptors (Lipinski definition) is 5. The van der Waals surface area contributed by atoms with Crippen LogP contribution in [0.1, 0.15) is 25.6 Å². The number of fused-ring (bicyclic) bond motifs is 1. The molecule has 1 aromatic heterocycles. The maximum Gasteiger partial charge on any atom is 0.176 e. The molecule has 28 heavy (non-hydrogen) atoms. The second-order valence-corrected chi connectivity index (χ2v) is 7.26. The highest BCUT2D eigenvalue weighted by Crippen LogP contribution is 2.42. The number of carbonyl (C=O) groups is 1. The standard InChI is InChI=1S/C21H22N4O3/c1-21(2)18(26)17(20-23-13-7-5-6-8-14(13)24-20)19(22)25(21)12-9-10-15(27-3)16(11-12)28-4/h5-11,17,22H,1-4H3,(H,23,24). The molecule has 2 aromatic carbocycles. The zero-order chi connectivity index (χ0) is 20.1. The molecule has 1 fully saturated rings. The number of ketones is 1. The molecule has 4 rings (SSSR count). The van der Waals surface area contributed by atoms with Gasteiger partial charge in [0, 0.05) is 11.8 Å². The molecule has 0 bridgehead atoms. The van der Waals surface area contributed by atoms with Gasteiger partial charge in [0.15, 0.2) is 17.3 Å². The minimum absolute atomic E-state index is 0.0775. The van der Waals surface area contributed by atoms with Crippen LogP contribution >= 0.6 is 0 Å². The van der Waals surface area contributed by atoms with Gasteiger partial charge in [0.25, 0.3) is 0 Å². The Bertz CT molecular complexity index is 1050. The molecule has 7 nitrogen and oxygen atoms in total. The number of nitrogens with one attached hydrogen (secondary N) is 2. The molecule has 144 valence electrons. The van der Waals surface area contributed by atoms with E-state index in [0.717, 1.165) is 11.0 Å². The van der Waals surface area contributed by atoms with Crippen LogP contribution in [0.3, 0.4) is 0 Å². The summed E-state index contributed by atoms with van der Waals surface area (Å²) in [6, 6.07) is 13.0.